The summed E-state index contributed by atoms with van der Waals surface area (Å²) in [4.78, 5) is 23.8. The molecule has 4 aromatic rings. The van der Waals surface area contributed by atoms with Gasteiger partial charge in [0.25, 0.3) is 5.69 Å². The van der Waals surface area contributed by atoms with Crippen molar-refractivity contribution in [3.05, 3.63) is 122 Å². The number of fused-ring (bicyclic) bond motifs is 3. The van der Waals surface area contributed by atoms with E-state index in [9.17, 15) is 14.9 Å². The van der Waals surface area contributed by atoms with Gasteiger partial charge in [0, 0.05) is 23.6 Å². The number of hydrogen-bond acceptors (Lipinski definition) is 5. The van der Waals surface area contributed by atoms with Crippen molar-refractivity contribution in [1.29, 1.82) is 0 Å². The second-order valence-electron chi connectivity index (χ2n) is 6.96. The number of nitro groups is 1. The second-order valence-corrected chi connectivity index (χ2v) is 6.96. The maximum absolute atomic E-state index is 12.9. The third kappa shape index (κ3) is 2.95. The van der Waals surface area contributed by atoms with Crippen molar-refractivity contribution in [2.75, 3.05) is 0 Å². The van der Waals surface area contributed by atoms with E-state index in [0.717, 1.165) is 5.56 Å². The highest BCUT2D eigenvalue weighted by Gasteiger charge is 2.30. The van der Waals surface area contributed by atoms with Gasteiger partial charge < -0.3 is 9.15 Å². The minimum atomic E-state index is -0.551. The number of para-hydroxylation sites is 1. The second kappa shape index (κ2) is 7.00. The van der Waals surface area contributed by atoms with Crippen LogP contribution in [0.4, 0.5) is 5.69 Å². The first-order valence-electron chi connectivity index (χ1n) is 9.37. The van der Waals surface area contributed by atoms with Gasteiger partial charge in [-0.25, -0.2) is 4.79 Å². The van der Waals surface area contributed by atoms with E-state index in [1.54, 1.807) is 24.3 Å². The third-order valence-corrected chi connectivity index (χ3v) is 5.14. The molecule has 1 aromatic heterocycles. The molecule has 146 valence electrons. The zero-order valence-corrected chi connectivity index (χ0v) is 15.6. The molecule has 30 heavy (non-hydrogen) atoms. The largest absolute Gasteiger partial charge is 0.456 e. The van der Waals surface area contributed by atoms with E-state index in [1.165, 1.54) is 12.1 Å². The molecule has 0 spiro atoms. The quantitative estimate of drug-likeness (QED) is 0.267. The van der Waals surface area contributed by atoms with E-state index in [1.807, 2.05) is 48.5 Å². The summed E-state index contributed by atoms with van der Waals surface area (Å²) in [7, 11) is 0. The Balaban J connectivity index is 1.79. The fourth-order valence-electron chi connectivity index (χ4n) is 3.74. The van der Waals surface area contributed by atoms with Crippen LogP contribution in [0.2, 0.25) is 0 Å². The highest BCUT2D eigenvalue weighted by Crippen LogP contribution is 2.43. The lowest BCUT2D eigenvalue weighted by Gasteiger charge is -2.25. The SMILES string of the molecule is O=c1oc2ccccc2c2c1C(c1cccc([N+](=O)[O-])c1)C=C(c1ccccc1)O2. The smallest absolute Gasteiger partial charge is 0.344 e. The van der Waals surface area contributed by atoms with Gasteiger partial charge in [-0.1, -0.05) is 54.6 Å². The Kier molecular flexibility index (Phi) is 4.17. The van der Waals surface area contributed by atoms with Crippen LogP contribution < -0.4 is 10.4 Å². The summed E-state index contributed by atoms with van der Waals surface area (Å²) in [6, 6.07) is 23.0. The number of allylic oxidation sites excluding steroid dienone is 1. The van der Waals surface area contributed by atoms with E-state index in [2.05, 4.69) is 0 Å². The van der Waals surface area contributed by atoms with E-state index in [0.29, 0.717) is 33.6 Å². The Bertz CT molecular complexity index is 1370. The molecule has 0 saturated heterocycles. The Hall–Kier alpha value is -4.19. The van der Waals surface area contributed by atoms with Gasteiger partial charge in [-0.05, 0) is 23.8 Å². The van der Waals surface area contributed by atoms with Crippen LogP contribution in [0, 0.1) is 10.1 Å². The number of ether oxygens (including phenoxy) is 1. The Morgan fingerprint density at radius 3 is 2.47 bits per heavy atom. The number of nitrogens with zero attached hydrogens (tertiary/aromatic N) is 1. The van der Waals surface area contributed by atoms with Crippen molar-refractivity contribution in [3.8, 4) is 5.75 Å². The summed E-state index contributed by atoms with van der Waals surface area (Å²) in [5, 5.41) is 12.0. The summed E-state index contributed by atoms with van der Waals surface area (Å²) >= 11 is 0. The van der Waals surface area contributed by atoms with Crippen molar-refractivity contribution in [2.45, 2.75) is 5.92 Å². The molecule has 6 nitrogen and oxygen atoms in total. The highest BCUT2D eigenvalue weighted by molar-refractivity contribution is 5.87. The van der Waals surface area contributed by atoms with Crippen LogP contribution in [0.15, 0.2) is 94.2 Å². The lowest BCUT2D eigenvalue weighted by Crippen LogP contribution is -2.19. The number of nitro benzene ring substituents is 1. The molecule has 2 heterocycles. The molecule has 1 unspecified atom stereocenters. The number of non-ortho nitro benzene ring substituents is 1. The molecule has 5 rings (SSSR count). The molecule has 0 aliphatic carbocycles. The summed E-state index contributed by atoms with van der Waals surface area (Å²) in [5.74, 6) is 0.444. The minimum absolute atomic E-state index is 0.0413. The summed E-state index contributed by atoms with van der Waals surface area (Å²) < 4.78 is 11.7. The molecule has 0 radical (unpaired) electrons. The van der Waals surface area contributed by atoms with Gasteiger partial charge in [0.1, 0.15) is 17.1 Å². The van der Waals surface area contributed by atoms with Crippen LogP contribution in [0.3, 0.4) is 0 Å². The van der Waals surface area contributed by atoms with E-state index >= 15 is 0 Å². The zero-order valence-electron chi connectivity index (χ0n) is 15.6. The fourth-order valence-corrected chi connectivity index (χ4v) is 3.74. The maximum Gasteiger partial charge on any atom is 0.344 e. The van der Waals surface area contributed by atoms with Crippen molar-refractivity contribution >= 4 is 22.4 Å². The third-order valence-electron chi connectivity index (χ3n) is 5.14. The predicted molar refractivity (Wildman–Crippen MR) is 112 cm³/mol. The Morgan fingerprint density at radius 2 is 1.67 bits per heavy atom. The predicted octanol–water partition coefficient (Wildman–Crippen LogP) is 5.27. The molecule has 1 aliphatic heterocycles. The standard InChI is InChI=1S/C24H15NO5/c26-24-22-19(16-9-6-10-17(13-16)25(27)28)14-21(15-7-2-1-3-8-15)29-23(22)18-11-4-5-12-20(18)30-24/h1-14,19H. The van der Waals surface area contributed by atoms with Gasteiger partial charge in [-0.15, -0.1) is 0 Å². The number of benzene rings is 3. The first kappa shape index (κ1) is 17.9. The van der Waals surface area contributed by atoms with E-state index in [-0.39, 0.29) is 5.69 Å². The lowest BCUT2D eigenvalue weighted by atomic mass is 9.87. The molecule has 6 heteroatoms. The summed E-state index contributed by atoms with van der Waals surface area (Å²) in [6.07, 6.45) is 1.81. The van der Waals surface area contributed by atoms with Gasteiger partial charge in [0.05, 0.1) is 15.9 Å². The Labute approximate surface area is 170 Å². The molecule has 3 aromatic carbocycles. The molecular weight excluding hydrogens is 382 g/mol. The van der Waals surface area contributed by atoms with Crippen LogP contribution >= 0.6 is 0 Å². The van der Waals surface area contributed by atoms with Gasteiger partial charge in [-0.2, -0.15) is 0 Å². The van der Waals surface area contributed by atoms with Crippen molar-refractivity contribution < 1.29 is 14.1 Å². The van der Waals surface area contributed by atoms with Gasteiger partial charge in [-0.3, -0.25) is 10.1 Å². The minimum Gasteiger partial charge on any atom is -0.456 e. The average Bonchev–Trinajstić information content (AvgIpc) is 2.79. The van der Waals surface area contributed by atoms with Crippen LogP contribution in [0.1, 0.15) is 22.6 Å². The van der Waals surface area contributed by atoms with Crippen molar-refractivity contribution in [3.63, 3.8) is 0 Å². The van der Waals surface area contributed by atoms with Crippen LogP contribution in [0.5, 0.6) is 5.75 Å². The van der Waals surface area contributed by atoms with Crippen LogP contribution in [-0.2, 0) is 0 Å². The van der Waals surface area contributed by atoms with Crippen molar-refractivity contribution in [1.82, 2.24) is 0 Å². The van der Waals surface area contributed by atoms with E-state index < -0.39 is 16.5 Å². The topological polar surface area (TPSA) is 82.6 Å². The van der Waals surface area contributed by atoms with Gasteiger partial charge >= 0.3 is 5.63 Å². The summed E-state index contributed by atoms with van der Waals surface area (Å²) in [6.45, 7) is 0. The zero-order chi connectivity index (χ0) is 20.7. The van der Waals surface area contributed by atoms with Crippen molar-refractivity contribution in [2.24, 2.45) is 0 Å². The molecule has 1 aliphatic rings. The normalized spacial score (nSPS) is 15.2. The van der Waals surface area contributed by atoms with E-state index in [4.69, 9.17) is 9.15 Å². The molecule has 0 N–H and O–H groups in total. The highest BCUT2D eigenvalue weighted by atomic mass is 16.6. The monoisotopic (exact) mass is 397 g/mol. The molecule has 0 saturated carbocycles. The fraction of sp³-hybridized carbons (Fsp3) is 0.0417. The number of hydrogen-bond donors (Lipinski definition) is 0. The lowest BCUT2D eigenvalue weighted by molar-refractivity contribution is -0.384. The van der Waals surface area contributed by atoms with Crippen LogP contribution in [0.25, 0.3) is 16.7 Å². The van der Waals surface area contributed by atoms with Gasteiger partial charge in [0.15, 0.2) is 0 Å². The molecule has 0 amide bonds. The first-order valence-corrected chi connectivity index (χ1v) is 9.37. The molecular formula is C24H15NO5. The molecule has 1 atom stereocenters. The van der Waals surface area contributed by atoms with Crippen LogP contribution in [-0.4, -0.2) is 4.92 Å². The Morgan fingerprint density at radius 1 is 0.900 bits per heavy atom. The molecule has 0 fully saturated rings. The number of rotatable bonds is 3. The summed E-state index contributed by atoms with van der Waals surface area (Å²) in [5.41, 5.74) is 1.65. The molecule has 0 bridgehead atoms. The maximum atomic E-state index is 12.9. The van der Waals surface area contributed by atoms with Gasteiger partial charge in [0.2, 0.25) is 0 Å². The average molecular weight is 397 g/mol. The first-order chi connectivity index (χ1) is 14.6.